The van der Waals surface area contributed by atoms with Gasteiger partial charge in [0, 0.05) is 29.2 Å². The van der Waals surface area contributed by atoms with Gasteiger partial charge in [0.15, 0.2) is 0 Å². The van der Waals surface area contributed by atoms with Gasteiger partial charge < -0.3 is 10.0 Å². The fourth-order valence-corrected chi connectivity index (χ4v) is 3.33. The Hall–Kier alpha value is -1.63. The van der Waals surface area contributed by atoms with Crippen LogP contribution in [0.4, 0.5) is 8.78 Å². The minimum Gasteiger partial charge on any atom is -0.481 e. The summed E-state index contributed by atoms with van der Waals surface area (Å²) in [6.45, 7) is 0.431. The van der Waals surface area contributed by atoms with Crippen LogP contribution < -0.4 is 0 Å². The quantitative estimate of drug-likeness (QED) is 0.928. The van der Waals surface area contributed by atoms with E-state index >= 15 is 0 Å². The molecule has 2 rings (SSSR count). The summed E-state index contributed by atoms with van der Waals surface area (Å²) in [7, 11) is 0. The summed E-state index contributed by atoms with van der Waals surface area (Å²) in [6.07, 6.45) is -2.77. The predicted molar refractivity (Wildman–Crippen MR) is 75.8 cm³/mol. The number of carboxylic acids is 1. The number of alkyl halides is 2. The molecule has 7 heteroatoms. The van der Waals surface area contributed by atoms with E-state index < -0.39 is 18.4 Å². The third-order valence-electron chi connectivity index (χ3n) is 3.28. The Morgan fingerprint density at radius 2 is 2.19 bits per heavy atom. The molecule has 0 saturated carbocycles. The Morgan fingerprint density at radius 3 is 2.86 bits per heavy atom. The van der Waals surface area contributed by atoms with E-state index in [-0.39, 0.29) is 23.5 Å². The Bertz CT molecular complexity index is 539. The minimum absolute atomic E-state index is 0.132. The average Bonchev–Trinajstić information content (AvgIpc) is 2.46. The molecule has 21 heavy (non-hydrogen) atoms. The molecule has 1 heterocycles. The molecule has 114 valence electrons. The van der Waals surface area contributed by atoms with Gasteiger partial charge in [-0.25, -0.2) is 8.78 Å². The lowest BCUT2D eigenvalue weighted by molar-refractivity contribution is -0.138. The molecule has 1 N–H and O–H groups in total. The Balaban J connectivity index is 2.20. The molecule has 0 spiro atoms. The van der Waals surface area contributed by atoms with E-state index in [1.807, 2.05) is 0 Å². The summed E-state index contributed by atoms with van der Waals surface area (Å²) >= 11 is 1.59. The van der Waals surface area contributed by atoms with Crippen molar-refractivity contribution in [3.8, 4) is 0 Å². The zero-order chi connectivity index (χ0) is 15.4. The highest BCUT2D eigenvalue weighted by atomic mass is 32.2. The summed E-state index contributed by atoms with van der Waals surface area (Å²) in [5.74, 6) is -0.0890. The number of hydrogen-bond donors (Lipinski definition) is 1. The minimum atomic E-state index is -2.63. The van der Waals surface area contributed by atoms with Crippen LogP contribution >= 0.6 is 11.8 Å². The maximum absolute atomic E-state index is 12.7. The highest BCUT2D eigenvalue weighted by Gasteiger charge is 2.29. The van der Waals surface area contributed by atoms with E-state index in [0.29, 0.717) is 12.3 Å². The topological polar surface area (TPSA) is 57.6 Å². The summed E-state index contributed by atoms with van der Waals surface area (Å²) in [5.41, 5.74) is -0.0305. The first kappa shape index (κ1) is 15.8. The van der Waals surface area contributed by atoms with Crippen molar-refractivity contribution in [1.29, 1.82) is 0 Å². The molecule has 1 aromatic rings. The Morgan fingerprint density at radius 1 is 1.43 bits per heavy atom. The molecular formula is C14H15F2NO3S. The van der Waals surface area contributed by atoms with Crippen molar-refractivity contribution in [1.82, 2.24) is 4.90 Å². The van der Waals surface area contributed by atoms with Crippen molar-refractivity contribution in [2.24, 2.45) is 0 Å². The summed E-state index contributed by atoms with van der Waals surface area (Å²) in [4.78, 5) is 24.8. The van der Waals surface area contributed by atoms with Gasteiger partial charge >= 0.3 is 5.97 Å². The van der Waals surface area contributed by atoms with Crippen LogP contribution in [0.15, 0.2) is 24.3 Å². The summed E-state index contributed by atoms with van der Waals surface area (Å²) in [5, 5.41) is 8.91. The number of aliphatic carboxylic acids is 1. The first-order valence-corrected chi connectivity index (χ1v) is 7.63. The second kappa shape index (κ2) is 6.89. The maximum atomic E-state index is 12.7. The first-order valence-electron chi connectivity index (χ1n) is 6.47. The van der Waals surface area contributed by atoms with Crippen molar-refractivity contribution >= 4 is 23.6 Å². The van der Waals surface area contributed by atoms with Gasteiger partial charge in [-0.2, -0.15) is 11.8 Å². The number of amides is 1. The van der Waals surface area contributed by atoms with Gasteiger partial charge in [-0.05, 0) is 12.1 Å². The van der Waals surface area contributed by atoms with Gasteiger partial charge in [0.25, 0.3) is 12.3 Å². The number of halogens is 2. The van der Waals surface area contributed by atoms with Crippen LogP contribution in [0.2, 0.25) is 0 Å². The molecule has 1 amide bonds. The lowest BCUT2D eigenvalue weighted by Gasteiger charge is -2.34. The van der Waals surface area contributed by atoms with E-state index in [4.69, 9.17) is 5.11 Å². The van der Waals surface area contributed by atoms with E-state index in [2.05, 4.69) is 0 Å². The number of hydrogen-bond acceptors (Lipinski definition) is 3. The van der Waals surface area contributed by atoms with Crippen LogP contribution in [0.3, 0.4) is 0 Å². The second-order valence-electron chi connectivity index (χ2n) is 4.75. The largest absolute Gasteiger partial charge is 0.481 e. The highest BCUT2D eigenvalue weighted by Crippen LogP contribution is 2.24. The van der Waals surface area contributed by atoms with Crippen LogP contribution in [0.25, 0.3) is 0 Å². The summed E-state index contributed by atoms with van der Waals surface area (Å²) in [6, 6.07) is 4.94. The van der Waals surface area contributed by atoms with E-state index in [1.54, 1.807) is 11.8 Å². The lowest BCUT2D eigenvalue weighted by Crippen LogP contribution is -2.47. The molecule has 1 atom stereocenters. The molecule has 1 saturated heterocycles. The van der Waals surface area contributed by atoms with Crippen LogP contribution in [0.1, 0.15) is 28.8 Å². The third kappa shape index (κ3) is 3.93. The van der Waals surface area contributed by atoms with Gasteiger partial charge in [0.05, 0.1) is 12.5 Å². The molecule has 1 aliphatic rings. The van der Waals surface area contributed by atoms with Crippen LogP contribution in [0.5, 0.6) is 0 Å². The number of carbonyl (C=O) groups excluding carboxylic acids is 1. The van der Waals surface area contributed by atoms with Gasteiger partial charge in [-0.3, -0.25) is 9.59 Å². The van der Waals surface area contributed by atoms with Gasteiger partial charge in [-0.15, -0.1) is 0 Å². The van der Waals surface area contributed by atoms with E-state index in [0.717, 1.165) is 5.75 Å². The van der Waals surface area contributed by atoms with Crippen molar-refractivity contribution in [3.05, 3.63) is 35.4 Å². The zero-order valence-electron chi connectivity index (χ0n) is 11.2. The second-order valence-corrected chi connectivity index (χ2v) is 5.90. The van der Waals surface area contributed by atoms with Crippen LogP contribution in [-0.4, -0.2) is 46.0 Å². The number of thioether (sulfide) groups is 1. The molecule has 0 aliphatic carbocycles. The van der Waals surface area contributed by atoms with E-state index in [9.17, 15) is 18.4 Å². The SMILES string of the molecule is O=C(O)CC1CSCCN1C(=O)c1cccc(C(F)F)c1. The smallest absolute Gasteiger partial charge is 0.305 e. The molecular weight excluding hydrogens is 300 g/mol. The predicted octanol–water partition coefficient (Wildman–Crippen LogP) is 2.66. The van der Waals surface area contributed by atoms with Crippen LogP contribution in [-0.2, 0) is 4.79 Å². The molecule has 1 aliphatic heterocycles. The standard InChI is InChI=1S/C14H15F2NO3S/c15-13(16)9-2-1-3-10(6-9)14(20)17-4-5-21-8-11(17)7-12(18)19/h1-3,6,11,13H,4-5,7-8H2,(H,18,19). The number of benzene rings is 1. The number of carboxylic acid groups (broad SMARTS) is 1. The van der Waals surface area contributed by atoms with Crippen molar-refractivity contribution in [2.75, 3.05) is 18.1 Å². The van der Waals surface area contributed by atoms with Crippen molar-refractivity contribution in [3.63, 3.8) is 0 Å². The Kier molecular flexibility index (Phi) is 5.17. The number of nitrogens with zero attached hydrogens (tertiary/aromatic N) is 1. The van der Waals surface area contributed by atoms with E-state index in [1.165, 1.54) is 29.2 Å². The zero-order valence-corrected chi connectivity index (χ0v) is 12.0. The van der Waals surface area contributed by atoms with Crippen molar-refractivity contribution < 1.29 is 23.5 Å². The van der Waals surface area contributed by atoms with Crippen LogP contribution in [0, 0.1) is 0 Å². The highest BCUT2D eigenvalue weighted by molar-refractivity contribution is 7.99. The normalized spacial score (nSPS) is 18.8. The third-order valence-corrected chi connectivity index (χ3v) is 4.38. The molecule has 0 aromatic heterocycles. The van der Waals surface area contributed by atoms with Gasteiger partial charge in [0.2, 0.25) is 0 Å². The fourth-order valence-electron chi connectivity index (χ4n) is 2.27. The molecule has 1 aromatic carbocycles. The van der Waals surface area contributed by atoms with Gasteiger partial charge in [-0.1, -0.05) is 12.1 Å². The number of rotatable bonds is 4. The first-order chi connectivity index (χ1) is 9.99. The molecule has 4 nitrogen and oxygen atoms in total. The maximum Gasteiger partial charge on any atom is 0.305 e. The monoisotopic (exact) mass is 315 g/mol. The Labute approximate surface area is 125 Å². The fraction of sp³-hybridized carbons (Fsp3) is 0.429. The molecule has 0 bridgehead atoms. The number of carbonyl (C=O) groups is 2. The molecule has 0 radical (unpaired) electrons. The van der Waals surface area contributed by atoms with Gasteiger partial charge in [0.1, 0.15) is 0 Å². The molecule has 1 unspecified atom stereocenters. The molecule has 1 fully saturated rings. The average molecular weight is 315 g/mol. The van der Waals surface area contributed by atoms with Crippen molar-refractivity contribution in [2.45, 2.75) is 18.9 Å². The lowest BCUT2D eigenvalue weighted by atomic mass is 10.1. The summed E-state index contributed by atoms with van der Waals surface area (Å²) < 4.78 is 25.4.